The fourth-order valence-electron chi connectivity index (χ4n) is 3.13. The van der Waals surface area contributed by atoms with Crippen LogP contribution in [0.3, 0.4) is 0 Å². The molecule has 66 valence electrons. The largest absolute Gasteiger partial charge is 0.300 e. The van der Waals surface area contributed by atoms with Crippen molar-refractivity contribution in [3.05, 3.63) is 12.2 Å². The third kappa shape index (κ3) is 0.825. The molecular formula is C11H16O. The lowest BCUT2D eigenvalue weighted by Crippen LogP contribution is -2.33. The van der Waals surface area contributed by atoms with Crippen molar-refractivity contribution >= 4 is 5.78 Å². The molecule has 2 rings (SSSR count). The van der Waals surface area contributed by atoms with Crippen LogP contribution in [-0.2, 0) is 4.79 Å². The summed E-state index contributed by atoms with van der Waals surface area (Å²) in [6.07, 6.45) is 5.74. The fourth-order valence-corrected chi connectivity index (χ4v) is 3.13. The van der Waals surface area contributed by atoms with Crippen LogP contribution < -0.4 is 0 Å². The molecule has 0 saturated heterocycles. The van der Waals surface area contributed by atoms with Crippen molar-refractivity contribution in [3.8, 4) is 0 Å². The lowest BCUT2D eigenvalue weighted by atomic mass is 9.70. The van der Waals surface area contributed by atoms with E-state index in [-0.39, 0.29) is 11.3 Å². The standard InChI is InChI=1S/C11H16O/c1-7(12)10-8-4-5-9(6-8)11(10,2)3/h4-5,8-10H,6H2,1-3H3/t8-,9+,10-/m0/s1. The highest BCUT2D eigenvalue weighted by atomic mass is 16.1. The van der Waals surface area contributed by atoms with Crippen LogP contribution in [-0.4, -0.2) is 5.78 Å². The van der Waals surface area contributed by atoms with E-state index in [2.05, 4.69) is 26.0 Å². The summed E-state index contributed by atoms with van der Waals surface area (Å²) in [6.45, 7) is 6.20. The van der Waals surface area contributed by atoms with Gasteiger partial charge >= 0.3 is 0 Å². The van der Waals surface area contributed by atoms with Crippen LogP contribution in [0.4, 0.5) is 0 Å². The second-order valence-electron chi connectivity index (χ2n) is 4.80. The molecule has 0 N–H and O–H groups in total. The van der Waals surface area contributed by atoms with Crippen LogP contribution in [0.25, 0.3) is 0 Å². The Hall–Kier alpha value is -0.590. The molecule has 0 amide bonds. The number of carbonyl (C=O) groups excluding carboxylic acids is 1. The second-order valence-corrected chi connectivity index (χ2v) is 4.80. The van der Waals surface area contributed by atoms with Crippen LogP contribution in [0.5, 0.6) is 0 Å². The molecule has 0 spiro atoms. The Kier molecular flexibility index (Phi) is 1.48. The van der Waals surface area contributed by atoms with Crippen molar-refractivity contribution in [2.45, 2.75) is 27.2 Å². The lowest BCUT2D eigenvalue weighted by Gasteiger charge is -2.33. The minimum absolute atomic E-state index is 0.214. The number of fused-ring (bicyclic) bond motifs is 2. The van der Waals surface area contributed by atoms with Crippen LogP contribution in [0.1, 0.15) is 27.2 Å². The van der Waals surface area contributed by atoms with Crippen LogP contribution in [0.2, 0.25) is 0 Å². The lowest BCUT2D eigenvalue weighted by molar-refractivity contribution is -0.124. The Labute approximate surface area is 73.8 Å². The summed E-state index contributed by atoms with van der Waals surface area (Å²) in [5.74, 6) is 1.85. The van der Waals surface area contributed by atoms with Gasteiger partial charge in [0, 0.05) is 5.92 Å². The number of Topliss-reactive ketones (excluding diaryl/α,β-unsaturated/α-hetero) is 1. The van der Waals surface area contributed by atoms with Gasteiger partial charge in [-0.25, -0.2) is 0 Å². The van der Waals surface area contributed by atoms with Gasteiger partial charge in [-0.1, -0.05) is 26.0 Å². The molecule has 1 fully saturated rings. The number of hydrogen-bond donors (Lipinski definition) is 0. The van der Waals surface area contributed by atoms with E-state index in [1.54, 1.807) is 6.92 Å². The van der Waals surface area contributed by atoms with Gasteiger partial charge in [-0.05, 0) is 30.6 Å². The van der Waals surface area contributed by atoms with E-state index in [0.717, 1.165) is 0 Å². The molecule has 0 heterocycles. The van der Waals surface area contributed by atoms with Crippen LogP contribution >= 0.6 is 0 Å². The maximum atomic E-state index is 11.4. The normalized spacial score (nSPS) is 42.1. The molecule has 1 heteroatoms. The third-order valence-corrected chi connectivity index (χ3v) is 3.74. The minimum Gasteiger partial charge on any atom is -0.300 e. The van der Waals surface area contributed by atoms with Gasteiger partial charge in [0.25, 0.3) is 0 Å². The number of allylic oxidation sites excluding steroid dienone is 2. The number of rotatable bonds is 1. The van der Waals surface area contributed by atoms with E-state index in [9.17, 15) is 4.79 Å². The number of carbonyl (C=O) groups is 1. The molecule has 2 bridgehead atoms. The zero-order valence-electron chi connectivity index (χ0n) is 8.00. The van der Waals surface area contributed by atoms with Crippen molar-refractivity contribution in [2.75, 3.05) is 0 Å². The second kappa shape index (κ2) is 2.21. The summed E-state index contributed by atoms with van der Waals surface area (Å²) in [5, 5.41) is 0. The Balaban J connectivity index is 2.36. The predicted octanol–water partition coefficient (Wildman–Crippen LogP) is 2.42. The van der Waals surface area contributed by atoms with Gasteiger partial charge in [0.05, 0.1) is 0 Å². The topological polar surface area (TPSA) is 17.1 Å². The summed E-state index contributed by atoms with van der Waals surface area (Å²) < 4.78 is 0. The molecule has 0 aromatic carbocycles. The molecule has 2 aliphatic carbocycles. The summed E-state index contributed by atoms with van der Waals surface area (Å²) in [5.41, 5.74) is 0.214. The maximum Gasteiger partial charge on any atom is 0.134 e. The maximum absolute atomic E-state index is 11.4. The van der Waals surface area contributed by atoms with E-state index in [1.807, 2.05) is 0 Å². The van der Waals surface area contributed by atoms with E-state index >= 15 is 0 Å². The summed E-state index contributed by atoms with van der Waals surface area (Å²) in [4.78, 5) is 11.4. The SMILES string of the molecule is CC(=O)[C@H]1[C@H]2C=C[C@H](C2)C1(C)C. The molecule has 0 radical (unpaired) electrons. The molecule has 0 unspecified atom stereocenters. The average Bonchev–Trinajstić information content (AvgIpc) is 2.41. The molecule has 1 nitrogen and oxygen atoms in total. The first kappa shape index (κ1) is 8.03. The highest BCUT2D eigenvalue weighted by Gasteiger charge is 2.51. The minimum atomic E-state index is 0.214. The Morgan fingerprint density at radius 1 is 1.42 bits per heavy atom. The van der Waals surface area contributed by atoms with Crippen molar-refractivity contribution in [2.24, 2.45) is 23.2 Å². The van der Waals surface area contributed by atoms with Crippen LogP contribution in [0.15, 0.2) is 12.2 Å². The summed E-state index contributed by atoms with van der Waals surface area (Å²) in [6, 6.07) is 0. The van der Waals surface area contributed by atoms with Gasteiger partial charge in [-0.15, -0.1) is 0 Å². The van der Waals surface area contributed by atoms with Crippen LogP contribution in [0, 0.1) is 23.2 Å². The van der Waals surface area contributed by atoms with Crippen molar-refractivity contribution in [1.29, 1.82) is 0 Å². The van der Waals surface area contributed by atoms with Crippen molar-refractivity contribution < 1.29 is 4.79 Å². The third-order valence-electron chi connectivity index (χ3n) is 3.74. The number of ketones is 1. The molecule has 12 heavy (non-hydrogen) atoms. The van der Waals surface area contributed by atoms with E-state index in [4.69, 9.17) is 0 Å². The molecule has 0 aliphatic heterocycles. The predicted molar refractivity (Wildman–Crippen MR) is 48.7 cm³/mol. The van der Waals surface area contributed by atoms with E-state index in [0.29, 0.717) is 17.6 Å². The molecule has 1 saturated carbocycles. The first-order chi connectivity index (χ1) is 5.53. The monoisotopic (exact) mass is 164 g/mol. The van der Waals surface area contributed by atoms with Crippen molar-refractivity contribution in [3.63, 3.8) is 0 Å². The number of hydrogen-bond acceptors (Lipinski definition) is 1. The zero-order valence-corrected chi connectivity index (χ0v) is 8.00. The average molecular weight is 164 g/mol. The smallest absolute Gasteiger partial charge is 0.134 e. The van der Waals surface area contributed by atoms with Gasteiger partial charge in [-0.3, -0.25) is 4.79 Å². The van der Waals surface area contributed by atoms with Gasteiger partial charge in [0.15, 0.2) is 0 Å². The molecule has 0 aromatic heterocycles. The molecule has 3 atom stereocenters. The first-order valence-electron chi connectivity index (χ1n) is 4.72. The van der Waals surface area contributed by atoms with Gasteiger partial charge in [0.2, 0.25) is 0 Å². The Morgan fingerprint density at radius 2 is 2.08 bits per heavy atom. The summed E-state index contributed by atoms with van der Waals surface area (Å²) in [7, 11) is 0. The highest BCUT2D eigenvalue weighted by Crippen LogP contribution is 2.55. The fraction of sp³-hybridized carbons (Fsp3) is 0.727. The Morgan fingerprint density at radius 3 is 2.42 bits per heavy atom. The van der Waals surface area contributed by atoms with Gasteiger partial charge in [-0.2, -0.15) is 0 Å². The zero-order chi connectivity index (χ0) is 8.93. The Bertz CT molecular complexity index is 250. The molecular weight excluding hydrogens is 148 g/mol. The van der Waals surface area contributed by atoms with E-state index in [1.165, 1.54) is 6.42 Å². The summed E-state index contributed by atoms with van der Waals surface area (Å²) >= 11 is 0. The van der Waals surface area contributed by atoms with Crippen molar-refractivity contribution in [1.82, 2.24) is 0 Å². The highest BCUT2D eigenvalue weighted by molar-refractivity contribution is 5.80. The molecule has 0 aromatic rings. The molecule has 2 aliphatic rings. The van der Waals surface area contributed by atoms with Gasteiger partial charge in [0.1, 0.15) is 5.78 Å². The van der Waals surface area contributed by atoms with Gasteiger partial charge < -0.3 is 0 Å². The van der Waals surface area contributed by atoms with E-state index < -0.39 is 0 Å². The quantitative estimate of drug-likeness (QED) is 0.544. The first-order valence-corrected chi connectivity index (χ1v) is 4.72.